The predicted octanol–water partition coefficient (Wildman–Crippen LogP) is 1.98. The zero-order valence-corrected chi connectivity index (χ0v) is 7.36. The van der Waals surface area contributed by atoms with Crippen LogP contribution in [0.1, 0.15) is 13.3 Å². The standard InChI is InChI=1S/C8H11NOS/c1-3-5-7(6-9)8(10)11-4-2/h3,7H,1,4-5H2,2H3/t7-/m1/s1. The number of hydrogen-bond acceptors (Lipinski definition) is 3. The van der Waals surface area contributed by atoms with Gasteiger partial charge in [0.15, 0.2) is 0 Å². The number of nitriles is 1. The minimum atomic E-state index is -0.502. The summed E-state index contributed by atoms with van der Waals surface area (Å²) in [6.07, 6.45) is 2.06. The zero-order chi connectivity index (χ0) is 8.69. The molecule has 0 rings (SSSR count). The topological polar surface area (TPSA) is 40.9 Å². The Kier molecular flexibility index (Phi) is 5.58. The van der Waals surface area contributed by atoms with Crippen molar-refractivity contribution in [3.8, 4) is 6.07 Å². The van der Waals surface area contributed by atoms with Gasteiger partial charge in [-0.3, -0.25) is 4.79 Å². The lowest BCUT2D eigenvalue weighted by Crippen LogP contribution is -2.07. The van der Waals surface area contributed by atoms with Crippen LogP contribution >= 0.6 is 11.8 Å². The third-order valence-corrected chi connectivity index (χ3v) is 1.99. The molecule has 0 spiro atoms. The molecule has 0 radical (unpaired) electrons. The van der Waals surface area contributed by atoms with Crippen molar-refractivity contribution < 1.29 is 4.79 Å². The molecule has 0 aliphatic carbocycles. The lowest BCUT2D eigenvalue weighted by Gasteiger charge is -2.01. The van der Waals surface area contributed by atoms with E-state index in [-0.39, 0.29) is 5.12 Å². The second kappa shape index (κ2) is 5.99. The van der Waals surface area contributed by atoms with Gasteiger partial charge in [0.2, 0.25) is 5.12 Å². The highest BCUT2D eigenvalue weighted by atomic mass is 32.2. The summed E-state index contributed by atoms with van der Waals surface area (Å²) >= 11 is 1.19. The minimum absolute atomic E-state index is 0.0464. The zero-order valence-electron chi connectivity index (χ0n) is 6.54. The molecule has 0 N–H and O–H groups in total. The Labute approximate surface area is 71.3 Å². The minimum Gasteiger partial charge on any atom is -0.286 e. The molecular formula is C8H11NOS. The van der Waals surface area contributed by atoms with Crippen molar-refractivity contribution in [2.24, 2.45) is 5.92 Å². The largest absolute Gasteiger partial charge is 0.286 e. The molecule has 0 amide bonds. The lowest BCUT2D eigenvalue weighted by molar-refractivity contribution is -0.112. The molecule has 0 unspecified atom stereocenters. The molecule has 0 bridgehead atoms. The number of rotatable bonds is 4. The van der Waals surface area contributed by atoms with Gasteiger partial charge >= 0.3 is 0 Å². The fourth-order valence-corrected chi connectivity index (χ4v) is 1.25. The maximum absolute atomic E-state index is 11.1. The van der Waals surface area contributed by atoms with E-state index in [9.17, 15) is 4.79 Å². The van der Waals surface area contributed by atoms with Crippen molar-refractivity contribution in [2.45, 2.75) is 13.3 Å². The highest BCUT2D eigenvalue weighted by molar-refractivity contribution is 8.13. The lowest BCUT2D eigenvalue weighted by atomic mass is 10.1. The van der Waals surface area contributed by atoms with Gasteiger partial charge in [-0.15, -0.1) is 6.58 Å². The molecule has 0 heterocycles. The third-order valence-electron chi connectivity index (χ3n) is 1.13. The Morgan fingerprint density at radius 1 is 1.91 bits per heavy atom. The number of allylic oxidation sites excluding steroid dienone is 1. The van der Waals surface area contributed by atoms with Crippen LogP contribution in [0.15, 0.2) is 12.7 Å². The van der Waals surface area contributed by atoms with E-state index in [2.05, 4.69) is 6.58 Å². The molecule has 0 aliphatic heterocycles. The molecule has 0 saturated carbocycles. The van der Waals surface area contributed by atoms with Crippen LogP contribution in [-0.2, 0) is 4.79 Å². The fraction of sp³-hybridized carbons (Fsp3) is 0.500. The van der Waals surface area contributed by atoms with Gasteiger partial charge in [0.1, 0.15) is 5.92 Å². The van der Waals surface area contributed by atoms with Crippen molar-refractivity contribution in [3.63, 3.8) is 0 Å². The fourth-order valence-electron chi connectivity index (χ4n) is 0.611. The highest BCUT2D eigenvalue weighted by Crippen LogP contribution is 2.13. The maximum Gasteiger partial charge on any atom is 0.206 e. The number of nitrogens with zero attached hydrogens (tertiary/aromatic N) is 1. The second-order valence-corrected chi connectivity index (χ2v) is 3.23. The summed E-state index contributed by atoms with van der Waals surface area (Å²) in [6, 6.07) is 1.95. The molecule has 0 aromatic rings. The molecule has 0 fully saturated rings. The molecule has 0 aromatic carbocycles. The maximum atomic E-state index is 11.1. The SMILES string of the molecule is C=CC[C@H](C#N)C(=O)SCC. The summed E-state index contributed by atoms with van der Waals surface area (Å²) in [4.78, 5) is 11.1. The van der Waals surface area contributed by atoms with Crippen molar-refractivity contribution in [1.82, 2.24) is 0 Å². The first-order valence-corrected chi connectivity index (χ1v) is 4.42. The summed E-state index contributed by atoms with van der Waals surface area (Å²) in [6.45, 7) is 5.37. The average molecular weight is 169 g/mol. The van der Waals surface area contributed by atoms with Crippen LogP contribution in [0.4, 0.5) is 0 Å². The van der Waals surface area contributed by atoms with Gasteiger partial charge in [-0.05, 0) is 12.2 Å². The summed E-state index contributed by atoms with van der Waals surface area (Å²) < 4.78 is 0. The van der Waals surface area contributed by atoms with Gasteiger partial charge in [0.25, 0.3) is 0 Å². The molecular weight excluding hydrogens is 158 g/mol. The normalized spacial score (nSPS) is 11.6. The van der Waals surface area contributed by atoms with E-state index < -0.39 is 5.92 Å². The Balaban J connectivity index is 3.94. The Morgan fingerprint density at radius 3 is 2.91 bits per heavy atom. The number of thioether (sulfide) groups is 1. The third kappa shape index (κ3) is 3.84. The van der Waals surface area contributed by atoms with Crippen molar-refractivity contribution in [3.05, 3.63) is 12.7 Å². The molecule has 2 nitrogen and oxygen atoms in total. The molecule has 3 heteroatoms. The van der Waals surface area contributed by atoms with Gasteiger partial charge < -0.3 is 0 Å². The molecule has 0 aliphatic rings. The van der Waals surface area contributed by atoms with Gasteiger partial charge in [-0.2, -0.15) is 5.26 Å². The first-order valence-electron chi connectivity index (χ1n) is 3.43. The van der Waals surface area contributed by atoms with Gasteiger partial charge in [0, 0.05) is 0 Å². The van der Waals surface area contributed by atoms with Crippen molar-refractivity contribution in [2.75, 3.05) is 5.75 Å². The van der Waals surface area contributed by atoms with Gasteiger partial charge in [0.05, 0.1) is 6.07 Å². The summed E-state index contributed by atoms with van der Waals surface area (Å²) in [5.41, 5.74) is 0. The molecule has 0 aromatic heterocycles. The van der Waals surface area contributed by atoms with Crippen LogP contribution in [0.3, 0.4) is 0 Å². The summed E-state index contributed by atoms with van der Waals surface area (Å²) in [7, 11) is 0. The van der Waals surface area contributed by atoms with Gasteiger partial charge in [-0.25, -0.2) is 0 Å². The van der Waals surface area contributed by atoms with E-state index in [1.807, 2.05) is 13.0 Å². The van der Waals surface area contributed by atoms with Crippen molar-refractivity contribution >= 4 is 16.9 Å². The van der Waals surface area contributed by atoms with E-state index in [0.717, 1.165) is 5.75 Å². The number of carbonyl (C=O) groups is 1. The first kappa shape index (κ1) is 10.2. The number of hydrogen-bond donors (Lipinski definition) is 0. The predicted molar refractivity (Wildman–Crippen MR) is 47.1 cm³/mol. The van der Waals surface area contributed by atoms with E-state index in [4.69, 9.17) is 5.26 Å². The summed E-state index contributed by atoms with van der Waals surface area (Å²) in [5, 5.41) is 8.48. The monoisotopic (exact) mass is 169 g/mol. The summed E-state index contributed by atoms with van der Waals surface area (Å²) in [5.74, 6) is 0.228. The van der Waals surface area contributed by atoms with E-state index >= 15 is 0 Å². The van der Waals surface area contributed by atoms with Crippen LogP contribution in [0, 0.1) is 17.2 Å². The molecule has 60 valence electrons. The van der Waals surface area contributed by atoms with Crippen LogP contribution in [0.5, 0.6) is 0 Å². The number of carbonyl (C=O) groups excluding carboxylic acids is 1. The quantitative estimate of drug-likeness (QED) is 0.604. The van der Waals surface area contributed by atoms with Crippen molar-refractivity contribution in [1.29, 1.82) is 5.26 Å². The highest BCUT2D eigenvalue weighted by Gasteiger charge is 2.14. The van der Waals surface area contributed by atoms with Crippen LogP contribution in [0.2, 0.25) is 0 Å². The smallest absolute Gasteiger partial charge is 0.206 e. The van der Waals surface area contributed by atoms with E-state index in [1.165, 1.54) is 11.8 Å². The van der Waals surface area contributed by atoms with Gasteiger partial charge in [-0.1, -0.05) is 24.8 Å². The second-order valence-electron chi connectivity index (χ2n) is 1.96. The molecule has 1 atom stereocenters. The van der Waals surface area contributed by atoms with Crippen LogP contribution in [-0.4, -0.2) is 10.9 Å². The molecule has 0 saturated heterocycles. The Morgan fingerprint density at radius 2 is 2.55 bits per heavy atom. The Bertz CT molecular complexity index is 183. The van der Waals surface area contributed by atoms with E-state index in [0.29, 0.717) is 6.42 Å². The van der Waals surface area contributed by atoms with E-state index in [1.54, 1.807) is 6.08 Å². The Hall–Kier alpha value is -0.750. The van der Waals surface area contributed by atoms with Crippen LogP contribution < -0.4 is 0 Å². The van der Waals surface area contributed by atoms with Crippen LogP contribution in [0.25, 0.3) is 0 Å². The molecule has 11 heavy (non-hydrogen) atoms. The first-order chi connectivity index (χ1) is 5.26. The average Bonchev–Trinajstić information content (AvgIpc) is 2.00.